The van der Waals surface area contributed by atoms with Gasteiger partial charge in [0, 0.05) is 5.69 Å². The normalized spacial score (nSPS) is 11.1. The maximum absolute atomic E-state index is 12.8. The number of hydrogen-bond acceptors (Lipinski definition) is 3. The summed E-state index contributed by atoms with van der Waals surface area (Å²) in [5.41, 5.74) is 4.79. The molecule has 0 atom stereocenters. The van der Waals surface area contributed by atoms with Crippen molar-refractivity contribution in [1.82, 2.24) is 0 Å². The Morgan fingerprint density at radius 1 is 0.900 bits per heavy atom. The van der Waals surface area contributed by atoms with Crippen LogP contribution in [0.4, 0.5) is 17.1 Å². The number of hydrogen-bond donors (Lipinski definition) is 3. The zero-order valence-electron chi connectivity index (χ0n) is 16.8. The van der Waals surface area contributed by atoms with Crippen molar-refractivity contribution in [3.63, 3.8) is 0 Å². The SMILES string of the molecule is Cc1cc(C)c(NS(=O)(=O)c2ccc(NC(=S)Nc3ccccc3Cl)cc2)c(C)c1. The van der Waals surface area contributed by atoms with E-state index in [0.717, 1.165) is 16.7 Å². The summed E-state index contributed by atoms with van der Waals surface area (Å²) in [4.78, 5) is 0.164. The van der Waals surface area contributed by atoms with Crippen LogP contribution in [-0.4, -0.2) is 13.5 Å². The minimum absolute atomic E-state index is 0.164. The van der Waals surface area contributed by atoms with Gasteiger partial charge < -0.3 is 10.6 Å². The fraction of sp³-hybridized carbons (Fsp3) is 0.136. The molecule has 0 heterocycles. The molecule has 0 saturated heterocycles. The summed E-state index contributed by atoms with van der Waals surface area (Å²) in [6.45, 7) is 5.75. The van der Waals surface area contributed by atoms with Crippen molar-refractivity contribution < 1.29 is 8.42 Å². The smallest absolute Gasteiger partial charge is 0.261 e. The first-order chi connectivity index (χ1) is 14.2. The summed E-state index contributed by atoms with van der Waals surface area (Å²) >= 11 is 11.4. The van der Waals surface area contributed by atoms with Gasteiger partial charge in [0.05, 0.1) is 21.3 Å². The summed E-state index contributed by atoms with van der Waals surface area (Å²) in [6, 6.07) is 17.5. The predicted molar refractivity (Wildman–Crippen MR) is 129 cm³/mol. The van der Waals surface area contributed by atoms with Crippen molar-refractivity contribution in [3.05, 3.63) is 82.4 Å². The van der Waals surface area contributed by atoms with Crippen molar-refractivity contribution >= 4 is 56.0 Å². The fourth-order valence-electron chi connectivity index (χ4n) is 3.10. The molecule has 0 aliphatic heterocycles. The summed E-state index contributed by atoms with van der Waals surface area (Å²) in [5, 5.41) is 6.93. The molecule has 0 radical (unpaired) electrons. The Labute approximate surface area is 187 Å². The minimum Gasteiger partial charge on any atom is -0.332 e. The molecule has 156 valence electrons. The van der Waals surface area contributed by atoms with Crippen LogP contribution in [0.25, 0.3) is 0 Å². The van der Waals surface area contributed by atoms with E-state index in [-0.39, 0.29) is 4.90 Å². The van der Waals surface area contributed by atoms with Crippen molar-refractivity contribution in [3.8, 4) is 0 Å². The number of nitrogens with one attached hydrogen (secondary N) is 3. The molecule has 0 aliphatic carbocycles. The molecular formula is C22H22ClN3O2S2. The van der Waals surface area contributed by atoms with Gasteiger partial charge in [-0.3, -0.25) is 4.72 Å². The highest BCUT2D eigenvalue weighted by atomic mass is 35.5. The molecule has 0 aliphatic rings. The molecule has 3 rings (SSSR count). The second-order valence-corrected chi connectivity index (χ2v) is 9.46. The molecule has 8 heteroatoms. The van der Waals surface area contributed by atoms with Gasteiger partial charge in [-0.1, -0.05) is 41.4 Å². The number of aryl methyl sites for hydroxylation is 3. The van der Waals surface area contributed by atoms with Crippen molar-refractivity contribution in [1.29, 1.82) is 0 Å². The van der Waals surface area contributed by atoms with E-state index in [1.54, 1.807) is 18.2 Å². The summed E-state index contributed by atoms with van der Waals surface area (Å²) in [5.74, 6) is 0. The van der Waals surface area contributed by atoms with Crippen LogP contribution in [0, 0.1) is 20.8 Å². The third-order valence-electron chi connectivity index (χ3n) is 4.46. The van der Waals surface area contributed by atoms with Crippen LogP contribution < -0.4 is 15.4 Å². The van der Waals surface area contributed by atoms with Gasteiger partial charge in [0.2, 0.25) is 0 Å². The summed E-state index contributed by atoms with van der Waals surface area (Å²) in [7, 11) is -3.71. The topological polar surface area (TPSA) is 70.2 Å². The van der Waals surface area contributed by atoms with E-state index in [4.69, 9.17) is 23.8 Å². The average Bonchev–Trinajstić information content (AvgIpc) is 2.67. The van der Waals surface area contributed by atoms with Crippen LogP contribution in [0.5, 0.6) is 0 Å². The highest BCUT2D eigenvalue weighted by Gasteiger charge is 2.17. The average molecular weight is 460 g/mol. The van der Waals surface area contributed by atoms with Crippen LogP contribution in [0.2, 0.25) is 5.02 Å². The maximum atomic E-state index is 12.8. The van der Waals surface area contributed by atoms with Crippen molar-refractivity contribution in [2.24, 2.45) is 0 Å². The maximum Gasteiger partial charge on any atom is 0.261 e. The van der Waals surface area contributed by atoms with Gasteiger partial charge in [0.25, 0.3) is 10.0 Å². The summed E-state index contributed by atoms with van der Waals surface area (Å²) < 4.78 is 28.3. The number of rotatable bonds is 5. The Morgan fingerprint density at radius 2 is 1.50 bits per heavy atom. The lowest BCUT2D eigenvalue weighted by Gasteiger charge is -2.15. The molecule has 3 aromatic rings. The first kappa shape index (κ1) is 22.1. The lowest BCUT2D eigenvalue weighted by Crippen LogP contribution is -2.19. The lowest BCUT2D eigenvalue weighted by molar-refractivity contribution is 0.601. The molecule has 0 fully saturated rings. The zero-order valence-corrected chi connectivity index (χ0v) is 19.2. The van der Waals surface area contributed by atoms with Crippen molar-refractivity contribution in [2.45, 2.75) is 25.7 Å². The number of benzene rings is 3. The van der Waals surface area contributed by atoms with Crippen LogP contribution >= 0.6 is 23.8 Å². The van der Waals surface area contributed by atoms with E-state index < -0.39 is 10.0 Å². The Balaban J connectivity index is 1.72. The molecule has 0 aromatic heterocycles. The molecule has 3 N–H and O–H groups in total. The van der Waals surface area contributed by atoms with Gasteiger partial charge in [0.1, 0.15) is 0 Å². The molecule has 3 aromatic carbocycles. The largest absolute Gasteiger partial charge is 0.332 e. The Bertz CT molecular complexity index is 1170. The quantitative estimate of drug-likeness (QED) is 0.416. The van der Waals surface area contributed by atoms with Crippen LogP contribution in [0.1, 0.15) is 16.7 Å². The van der Waals surface area contributed by atoms with Crippen LogP contribution in [-0.2, 0) is 10.0 Å². The highest BCUT2D eigenvalue weighted by Crippen LogP contribution is 2.26. The first-order valence-electron chi connectivity index (χ1n) is 9.19. The van der Waals surface area contributed by atoms with Gasteiger partial charge >= 0.3 is 0 Å². The lowest BCUT2D eigenvalue weighted by atomic mass is 10.1. The van der Waals surface area contributed by atoms with Gasteiger partial charge in [-0.2, -0.15) is 0 Å². The molecule has 0 amide bonds. The number of sulfonamides is 1. The highest BCUT2D eigenvalue weighted by molar-refractivity contribution is 7.92. The Kier molecular flexibility index (Phi) is 6.65. The third kappa shape index (κ3) is 5.30. The molecule has 0 spiro atoms. The van der Waals surface area contributed by atoms with Gasteiger partial charge in [0.15, 0.2) is 5.11 Å². The van der Waals surface area contributed by atoms with E-state index in [1.165, 1.54) is 12.1 Å². The molecule has 5 nitrogen and oxygen atoms in total. The third-order valence-corrected chi connectivity index (χ3v) is 6.36. The van der Waals surface area contributed by atoms with E-state index in [9.17, 15) is 8.42 Å². The van der Waals surface area contributed by atoms with Gasteiger partial charge in [-0.25, -0.2) is 8.42 Å². The van der Waals surface area contributed by atoms with Crippen LogP contribution in [0.15, 0.2) is 65.6 Å². The molecule has 0 saturated carbocycles. The molecule has 0 bridgehead atoms. The number of halogens is 1. The number of thiocarbonyl (C=S) groups is 1. The Morgan fingerprint density at radius 3 is 2.10 bits per heavy atom. The first-order valence-corrected chi connectivity index (χ1v) is 11.5. The van der Waals surface area contributed by atoms with Gasteiger partial charge in [-0.05, 0) is 80.5 Å². The van der Waals surface area contributed by atoms with E-state index in [0.29, 0.717) is 27.2 Å². The minimum atomic E-state index is -3.71. The van der Waals surface area contributed by atoms with E-state index in [1.807, 2.05) is 51.1 Å². The molecule has 30 heavy (non-hydrogen) atoms. The second-order valence-electron chi connectivity index (χ2n) is 6.96. The van der Waals surface area contributed by atoms with Gasteiger partial charge in [-0.15, -0.1) is 0 Å². The fourth-order valence-corrected chi connectivity index (χ4v) is 4.71. The van der Waals surface area contributed by atoms with Crippen LogP contribution in [0.3, 0.4) is 0 Å². The summed E-state index contributed by atoms with van der Waals surface area (Å²) in [6.07, 6.45) is 0. The predicted octanol–water partition coefficient (Wildman–Crippen LogP) is 5.87. The zero-order chi connectivity index (χ0) is 21.9. The van der Waals surface area contributed by atoms with E-state index >= 15 is 0 Å². The Hall–Kier alpha value is -2.61. The monoisotopic (exact) mass is 459 g/mol. The molecule has 0 unspecified atom stereocenters. The number of anilines is 3. The van der Waals surface area contributed by atoms with E-state index in [2.05, 4.69) is 15.4 Å². The second kappa shape index (κ2) is 9.04. The standard InChI is InChI=1S/C22H22ClN3O2S2/c1-14-12-15(2)21(16(3)13-14)26-30(27,28)18-10-8-17(9-11-18)24-22(29)25-20-7-5-4-6-19(20)23/h4-13,26H,1-3H3,(H2,24,25,29). The molecular weight excluding hydrogens is 438 g/mol. The number of para-hydroxylation sites is 1. The van der Waals surface area contributed by atoms with Crippen molar-refractivity contribution in [2.75, 3.05) is 15.4 Å².